The Labute approximate surface area is 159 Å². The molecule has 0 aliphatic heterocycles. The minimum atomic E-state index is 0. The number of aromatic nitrogens is 3. The van der Waals surface area contributed by atoms with Crippen molar-refractivity contribution in [3.8, 4) is 22.7 Å². The van der Waals surface area contributed by atoms with Crippen LogP contribution in [0.25, 0.3) is 16.9 Å². The zero-order chi connectivity index (χ0) is 16.8. The van der Waals surface area contributed by atoms with Crippen LogP contribution in [-0.2, 0) is 20.1 Å². The number of phenolic OH excluding ortho intramolecular Hbond substituents is 1. The summed E-state index contributed by atoms with van der Waals surface area (Å²) in [5.74, 6) is 0.920. The normalized spacial score (nSPS) is 9.64. The summed E-state index contributed by atoms with van der Waals surface area (Å²) in [6, 6.07) is 19.7. The van der Waals surface area contributed by atoms with E-state index < -0.39 is 0 Å². The molecule has 2 aromatic heterocycles. The molecule has 25 heavy (non-hydrogen) atoms. The topological polar surface area (TPSA) is 64.1 Å². The molecule has 0 fully saturated rings. The first kappa shape index (κ1) is 18.6. The van der Waals surface area contributed by atoms with Crippen LogP contribution in [0.3, 0.4) is 0 Å². The van der Waals surface area contributed by atoms with E-state index in [1.165, 1.54) is 0 Å². The summed E-state index contributed by atoms with van der Waals surface area (Å²) < 4.78 is 6.71. The maximum absolute atomic E-state index is 9.42. The molecule has 5 nitrogen and oxygen atoms in total. The Morgan fingerprint density at radius 2 is 1.88 bits per heavy atom. The van der Waals surface area contributed by atoms with Crippen molar-refractivity contribution in [2.24, 2.45) is 0 Å². The predicted molar refractivity (Wildman–Crippen MR) is 90.7 cm³/mol. The first-order chi connectivity index (χ1) is 11.7. The van der Waals surface area contributed by atoms with Crippen LogP contribution in [0.15, 0.2) is 77.7 Å². The number of aryl methyl sites for hydroxylation is 1. The van der Waals surface area contributed by atoms with E-state index in [1.807, 2.05) is 49.4 Å². The predicted octanol–water partition coefficient (Wildman–Crippen LogP) is 4.03. The Balaban J connectivity index is 0.000000173. The number of oxazole rings is 1. The van der Waals surface area contributed by atoms with E-state index in [0.717, 1.165) is 11.3 Å². The molecule has 1 radical (unpaired) electrons. The summed E-state index contributed by atoms with van der Waals surface area (Å²) in [6.07, 6.45) is 5.10. The monoisotopic (exact) mass is 511 g/mol. The van der Waals surface area contributed by atoms with Crippen LogP contribution in [0.2, 0.25) is 0 Å². The Bertz CT molecular complexity index is 890. The minimum Gasteiger partial charge on any atom is -0.506 e. The Kier molecular flexibility index (Phi) is 6.69. The van der Waals surface area contributed by atoms with Gasteiger partial charge in [0, 0.05) is 45.1 Å². The maximum Gasteiger partial charge on any atom is 0.180 e. The van der Waals surface area contributed by atoms with E-state index in [1.54, 1.807) is 35.5 Å². The average Bonchev–Trinajstić information content (AvgIpc) is 3.28. The van der Waals surface area contributed by atoms with E-state index in [0.29, 0.717) is 11.6 Å². The van der Waals surface area contributed by atoms with Gasteiger partial charge in [0.25, 0.3) is 0 Å². The number of rotatable bonds is 2. The quantitative estimate of drug-likeness (QED) is 0.414. The fraction of sp³-hybridized carbons (Fsp3) is 0.0526. The Morgan fingerprint density at radius 3 is 2.48 bits per heavy atom. The van der Waals surface area contributed by atoms with Gasteiger partial charge in [-0.3, -0.25) is 4.98 Å². The molecule has 0 aliphatic rings. The second kappa shape index (κ2) is 8.97. The summed E-state index contributed by atoms with van der Waals surface area (Å²) in [6.45, 7) is 1.83. The fourth-order valence-electron chi connectivity index (χ4n) is 2.11. The number of phenols is 1. The molecular weight excluding hydrogens is 494 g/mol. The second-order valence-electron chi connectivity index (χ2n) is 4.97. The van der Waals surface area contributed by atoms with Crippen LogP contribution in [0.4, 0.5) is 0 Å². The Hall–Kier alpha value is -2.69. The van der Waals surface area contributed by atoms with E-state index in [4.69, 9.17) is 4.42 Å². The van der Waals surface area contributed by atoms with Crippen molar-refractivity contribution in [3.05, 3.63) is 85.2 Å². The standard InChI is InChI=1S/C10H8NO.C9H8N2O.Ir/c1-8-11-10(7-12-8)9-5-3-2-4-6-9;12-9-5-2-1-4-8(9)11-7-3-6-10-11;/h2-5,7H,1H3;1-7,12H;/q-1;;. The van der Waals surface area contributed by atoms with Crippen molar-refractivity contribution in [2.45, 2.75) is 6.92 Å². The second-order valence-corrected chi connectivity index (χ2v) is 4.97. The molecule has 4 aromatic rings. The Morgan fingerprint density at radius 1 is 1.08 bits per heavy atom. The summed E-state index contributed by atoms with van der Waals surface area (Å²) in [5, 5.41) is 13.4. The third kappa shape index (κ3) is 4.89. The van der Waals surface area contributed by atoms with Crippen LogP contribution >= 0.6 is 0 Å². The number of para-hydroxylation sites is 2. The number of benzene rings is 2. The molecule has 0 bridgehead atoms. The van der Waals surface area contributed by atoms with Crippen molar-refractivity contribution < 1.29 is 29.6 Å². The molecule has 2 heterocycles. The van der Waals surface area contributed by atoms with Crippen LogP contribution in [0, 0.1) is 13.0 Å². The average molecular weight is 511 g/mol. The summed E-state index contributed by atoms with van der Waals surface area (Å²) in [5.41, 5.74) is 2.50. The van der Waals surface area contributed by atoms with Gasteiger partial charge in [0.15, 0.2) is 5.89 Å². The molecular formula is C19H16IrN3O2-. The zero-order valence-corrected chi connectivity index (χ0v) is 15.9. The first-order valence-electron chi connectivity index (χ1n) is 7.41. The molecule has 129 valence electrons. The first-order valence-corrected chi connectivity index (χ1v) is 7.41. The van der Waals surface area contributed by atoms with Crippen molar-refractivity contribution in [1.29, 1.82) is 0 Å². The van der Waals surface area contributed by atoms with Crippen molar-refractivity contribution in [2.75, 3.05) is 0 Å². The summed E-state index contributed by atoms with van der Waals surface area (Å²) in [4.78, 5) is 4.18. The van der Waals surface area contributed by atoms with Crippen molar-refractivity contribution in [3.63, 3.8) is 0 Å². The molecule has 6 heteroatoms. The van der Waals surface area contributed by atoms with Gasteiger partial charge in [-0.25, -0.2) is 4.68 Å². The fourth-order valence-corrected chi connectivity index (χ4v) is 2.11. The minimum absolute atomic E-state index is 0. The summed E-state index contributed by atoms with van der Waals surface area (Å²) >= 11 is 0. The number of aromatic hydroxyl groups is 1. The number of nitrogens with zero attached hydrogens (tertiary/aromatic N) is 3. The van der Waals surface area contributed by atoms with Crippen LogP contribution in [0.1, 0.15) is 5.89 Å². The number of hydrogen-bond donors (Lipinski definition) is 1. The molecule has 1 N–H and O–H groups in total. The molecule has 0 saturated carbocycles. The van der Waals surface area contributed by atoms with E-state index in [9.17, 15) is 5.11 Å². The molecule has 2 aromatic carbocycles. The molecule has 0 aliphatic carbocycles. The van der Waals surface area contributed by atoms with Crippen molar-refractivity contribution >= 4 is 0 Å². The largest absolute Gasteiger partial charge is 0.506 e. The van der Waals surface area contributed by atoms with Crippen LogP contribution in [-0.4, -0.2) is 19.9 Å². The van der Waals surface area contributed by atoms with Crippen LogP contribution in [0.5, 0.6) is 5.75 Å². The van der Waals surface area contributed by atoms with Gasteiger partial charge in [-0.2, -0.15) is 5.10 Å². The third-order valence-electron chi connectivity index (χ3n) is 3.24. The van der Waals surface area contributed by atoms with Gasteiger partial charge in [-0.05, 0) is 18.2 Å². The SMILES string of the molecule is Cc1nc(-c2[c-]cccc2)co1.Oc1ccccc1-n1cccn1.[Ir]. The van der Waals surface area contributed by atoms with E-state index in [2.05, 4.69) is 16.1 Å². The van der Waals surface area contributed by atoms with Gasteiger partial charge < -0.3 is 9.52 Å². The van der Waals surface area contributed by atoms with Crippen LogP contribution < -0.4 is 0 Å². The zero-order valence-electron chi connectivity index (χ0n) is 13.5. The van der Waals surface area contributed by atoms with E-state index in [-0.39, 0.29) is 25.9 Å². The van der Waals surface area contributed by atoms with Gasteiger partial charge in [-0.15, -0.1) is 35.9 Å². The van der Waals surface area contributed by atoms with Crippen molar-refractivity contribution in [1.82, 2.24) is 14.8 Å². The number of hydrogen-bond acceptors (Lipinski definition) is 4. The van der Waals surface area contributed by atoms with Gasteiger partial charge >= 0.3 is 0 Å². The molecule has 0 amide bonds. The summed E-state index contributed by atoms with van der Waals surface area (Å²) in [7, 11) is 0. The van der Waals surface area contributed by atoms with Gasteiger partial charge in [0.05, 0.1) is 6.26 Å². The molecule has 4 rings (SSSR count). The molecule has 0 saturated heterocycles. The third-order valence-corrected chi connectivity index (χ3v) is 3.24. The molecule has 0 spiro atoms. The molecule has 0 atom stereocenters. The smallest absolute Gasteiger partial charge is 0.180 e. The van der Waals surface area contributed by atoms with Gasteiger partial charge in [0.2, 0.25) is 0 Å². The van der Waals surface area contributed by atoms with Gasteiger partial charge in [0.1, 0.15) is 11.4 Å². The molecule has 0 unspecified atom stereocenters. The van der Waals surface area contributed by atoms with Gasteiger partial charge in [-0.1, -0.05) is 12.1 Å². The maximum atomic E-state index is 9.42. The van der Waals surface area contributed by atoms with E-state index >= 15 is 0 Å².